The zero-order valence-corrected chi connectivity index (χ0v) is 12.0. The maximum absolute atomic E-state index is 5.97. The summed E-state index contributed by atoms with van der Waals surface area (Å²) >= 11 is 0. The van der Waals surface area contributed by atoms with Crippen molar-refractivity contribution in [1.82, 2.24) is 15.5 Å². The summed E-state index contributed by atoms with van der Waals surface area (Å²) in [6.07, 6.45) is 1.86. The number of benzene rings is 1. The van der Waals surface area contributed by atoms with Crippen molar-refractivity contribution in [2.24, 2.45) is 0 Å². The number of nitrogens with zero attached hydrogens (tertiary/aromatic N) is 1. The van der Waals surface area contributed by atoms with Gasteiger partial charge in [0, 0.05) is 23.2 Å². The molecule has 3 rings (SSSR count). The van der Waals surface area contributed by atoms with E-state index in [4.69, 9.17) is 4.42 Å². The monoisotopic (exact) mass is 269 g/mol. The number of aryl methyl sites for hydroxylation is 2. The molecule has 0 spiro atoms. The van der Waals surface area contributed by atoms with E-state index in [1.165, 1.54) is 16.5 Å². The third kappa shape index (κ3) is 2.23. The molecule has 1 aromatic carbocycles. The smallest absolute Gasteiger partial charge is 0.134 e. The molecule has 4 heteroatoms. The number of fused-ring (bicyclic) bond motifs is 1. The molecule has 2 heterocycles. The molecule has 0 saturated heterocycles. The van der Waals surface area contributed by atoms with Crippen LogP contribution < -0.4 is 5.32 Å². The minimum atomic E-state index is 0.164. The molecule has 0 radical (unpaired) electrons. The highest BCUT2D eigenvalue weighted by Gasteiger charge is 2.16. The zero-order chi connectivity index (χ0) is 14.1. The number of para-hydroxylation sites is 1. The Hall–Kier alpha value is -2.07. The lowest BCUT2D eigenvalue weighted by Gasteiger charge is -2.12. The summed E-state index contributed by atoms with van der Waals surface area (Å²) in [6, 6.07) is 8.32. The first-order chi connectivity index (χ1) is 9.66. The van der Waals surface area contributed by atoms with Gasteiger partial charge >= 0.3 is 0 Å². The third-order valence-electron chi connectivity index (χ3n) is 3.81. The number of rotatable bonds is 4. The fourth-order valence-electron chi connectivity index (χ4n) is 2.52. The molecule has 0 bridgehead atoms. The first kappa shape index (κ1) is 12.9. The molecular weight excluding hydrogens is 250 g/mol. The summed E-state index contributed by atoms with van der Waals surface area (Å²) in [5.41, 5.74) is 4.45. The molecule has 20 heavy (non-hydrogen) atoms. The van der Waals surface area contributed by atoms with E-state index in [1.807, 2.05) is 31.3 Å². The molecule has 1 atom stereocenters. The largest absolute Gasteiger partial charge is 0.459 e. The SMILES string of the molecule is Cc1[nH]ncc1CNC(C)c1oc2ccccc2c1C. The van der Waals surface area contributed by atoms with Gasteiger partial charge in [-0.1, -0.05) is 18.2 Å². The van der Waals surface area contributed by atoms with Crippen LogP contribution in [-0.2, 0) is 6.54 Å². The Bertz CT molecular complexity index is 726. The van der Waals surface area contributed by atoms with Gasteiger partial charge in [-0.15, -0.1) is 0 Å². The van der Waals surface area contributed by atoms with Gasteiger partial charge in [-0.05, 0) is 32.4 Å². The molecule has 1 unspecified atom stereocenters. The average molecular weight is 269 g/mol. The molecule has 104 valence electrons. The number of aromatic nitrogens is 2. The highest BCUT2D eigenvalue weighted by molar-refractivity contribution is 5.82. The maximum Gasteiger partial charge on any atom is 0.134 e. The van der Waals surface area contributed by atoms with Crippen LogP contribution >= 0.6 is 0 Å². The van der Waals surface area contributed by atoms with Crippen LogP contribution in [0, 0.1) is 13.8 Å². The van der Waals surface area contributed by atoms with E-state index in [2.05, 4.69) is 35.4 Å². The first-order valence-electron chi connectivity index (χ1n) is 6.87. The van der Waals surface area contributed by atoms with Gasteiger partial charge in [-0.25, -0.2) is 0 Å². The molecule has 4 nitrogen and oxygen atoms in total. The van der Waals surface area contributed by atoms with Crippen LogP contribution in [0.4, 0.5) is 0 Å². The summed E-state index contributed by atoms with van der Waals surface area (Å²) < 4.78 is 5.97. The van der Waals surface area contributed by atoms with Crippen LogP contribution in [0.25, 0.3) is 11.0 Å². The van der Waals surface area contributed by atoms with E-state index in [-0.39, 0.29) is 6.04 Å². The number of nitrogens with one attached hydrogen (secondary N) is 2. The fourth-order valence-corrected chi connectivity index (χ4v) is 2.52. The number of H-pyrrole nitrogens is 1. The van der Waals surface area contributed by atoms with Crippen molar-refractivity contribution < 1.29 is 4.42 Å². The second kappa shape index (κ2) is 5.13. The Morgan fingerprint density at radius 2 is 2.10 bits per heavy atom. The molecular formula is C16H19N3O. The quantitative estimate of drug-likeness (QED) is 0.760. The van der Waals surface area contributed by atoms with Crippen molar-refractivity contribution in [1.29, 1.82) is 0 Å². The minimum absolute atomic E-state index is 0.164. The van der Waals surface area contributed by atoms with Gasteiger partial charge in [-0.2, -0.15) is 5.10 Å². The second-order valence-electron chi connectivity index (χ2n) is 5.21. The molecule has 0 saturated carbocycles. The van der Waals surface area contributed by atoms with Gasteiger partial charge in [0.25, 0.3) is 0 Å². The third-order valence-corrected chi connectivity index (χ3v) is 3.81. The van der Waals surface area contributed by atoms with Gasteiger partial charge in [0.15, 0.2) is 0 Å². The van der Waals surface area contributed by atoms with Crippen molar-refractivity contribution in [3.63, 3.8) is 0 Å². The Kier molecular flexibility index (Phi) is 3.32. The summed E-state index contributed by atoms with van der Waals surface area (Å²) in [7, 11) is 0. The molecule has 0 amide bonds. The van der Waals surface area contributed by atoms with Crippen molar-refractivity contribution in [2.75, 3.05) is 0 Å². The number of furan rings is 1. The number of hydrogen-bond acceptors (Lipinski definition) is 3. The van der Waals surface area contributed by atoms with Crippen LogP contribution in [0.5, 0.6) is 0 Å². The normalized spacial score (nSPS) is 12.9. The van der Waals surface area contributed by atoms with Gasteiger partial charge in [0.1, 0.15) is 11.3 Å². The Morgan fingerprint density at radius 1 is 1.30 bits per heavy atom. The Morgan fingerprint density at radius 3 is 2.80 bits per heavy atom. The summed E-state index contributed by atoms with van der Waals surface area (Å²) in [5, 5.41) is 11.7. The standard InChI is InChI=1S/C16H19N3O/c1-10-14-6-4-5-7-15(14)20-16(10)12(3)17-8-13-9-18-19-11(13)2/h4-7,9,12,17H,8H2,1-3H3,(H,18,19). The Labute approximate surface area is 118 Å². The predicted octanol–water partition coefficient (Wildman–Crippen LogP) is 3.62. The molecule has 3 aromatic rings. The van der Waals surface area contributed by atoms with Crippen LogP contribution in [0.1, 0.15) is 35.5 Å². The lowest BCUT2D eigenvalue weighted by Crippen LogP contribution is -2.18. The first-order valence-corrected chi connectivity index (χ1v) is 6.87. The van der Waals surface area contributed by atoms with E-state index in [9.17, 15) is 0 Å². The van der Waals surface area contributed by atoms with Crippen molar-refractivity contribution in [3.8, 4) is 0 Å². The van der Waals surface area contributed by atoms with Gasteiger partial charge in [-0.3, -0.25) is 5.10 Å². The van der Waals surface area contributed by atoms with E-state index < -0.39 is 0 Å². The van der Waals surface area contributed by atoms with E-state index >= 15 is 0 Å². The second-order valence-corrected chi connectivity index (χ2v) is 5.21. The Balaban J connectivity index is 1.80. The lowest BCUT2D eigenvalue weighted by atomic mass is 10.1. The topological polar surface area (TPSA) is 53.9 Å². The highest BCUT2D eigenvalue weighted by atomic mass is 16.3. The van der Waals surface area contributed by atoms with Gasteiger partial charge < -0.3 is 9.73 Å². The van der Waals surface area contributed by atoms with Crippen LogP contribution in [0.15, 0.2) is 34.9 Å². The molecule has 0 fully saturated rings. The highest BCUT2D eigenvalue weighted by Crippen LogP contribution is 2.29. The summed E-state index contributed by atoms with van der Waals surface area (Å²) in [6.45, 7) is 7.05. The van der Waals surface area contributed by atoms with Crippen molar-refractivity contribution >= 4 is 11.0 Å². The maximum atomic E-state index is 5.97. The molecule has 2 aromatic heterocycles. The van der Waals surface area contributed by atoms with E-state index in [0.717, 1.165) is 23.6 Å². The van der Waals surface area contributed by atoms with Crippen molar-refractivity contribution in [3.05, 3.63) is 53.0 Å². The average Bonchev–Trinajstić information content (AvgIpc) is 3.01. The zero-order valence-electron chi connectivity index (χ0n) is 12.0. The lowest BCUT2D eigenvalue weighted by molar-refractivity contribution is 0.447. The van der Waals surface area contributed by atoms with Gasteiger partial charge in [0.2, 0.25) is 0 Å². The fraction of sp³-hybridized carbons (Fsp3) is 0.312. The molecule has 2 N–H and O–H groups in total. The van der Waals surface area contributed by atoms with Gasteiger partial charge in [0.05, 0.1) is 12.2 Å². The summed E-state index contributed by atoms with van der Waals surface area (Å²) in [4.78, 5) is 0. The van der Waals surface area contributed by atoms with Crippen LogP contribution in [0.2, 0.25) is 0 Å². The van der Waals surface area contributed by atoms with Crippen LogP contribution in [0.3, 0.4) is 0 Å². The predicted molar refractivity (Wildman–Crippen MR) is 79.5 cm³/mol. The number of hydrogen-bond donors (Lipinski definition) is 2. The van der Waals surface area contributed by atoms with Crippen molar-refractivity contribution in [2.45, 2.75) is 33.4 Å². The minimum Gasteiger partial charge on any atom is -0.459 e. The molecule has 0 aliphatic heterocycles. The van der Waals surface area contributed by atoms with E-state index in [1.54, 1.807) is 0 Å². The van der Waals surface area contributed by atoms with E-state index in [0.29, 0.717) is 0 Å². The van der Waals surface area contributed by atoms with Crippen LogP contribution in [-0.4, -0.2) is 10.2 Å². The summed E-state index contributed by atoms with van der Waals surface area (Å²) in [5.74, 6) is 1.01. The molecule has 0 aliphatic carbocycles. The number of aromatic amines is 1. The molecule has 0 aliphatic rings.